The van der Waals surface area contributed by atoms with E-state index in [1.165, 1.54) is 7.11 Å². The van der Waals surface area contributed by atoms with E-state index in [-0.39, 0.29) is 11.9 Å². The van der Waals surface area contributed by atoms with E-state index < -0.39 is 0 Å². The Balaban J connectivity index is 2.68. The predicted octanol–water partition coefficient (Wildman–Crippen LogP) is 2.42. The molecule has 0 radical (unpaired) electrons. The van der Waals surface area contributed by atoms with E-state index in [1.54, 1.807) is 6.20 Å². The predicted molar refractivity (Wildman–Crippen MR) is 66.6 cm³/mol. The summed E-state index contributed by atoms with van der Waals surface area (Å²) in [5.41, 5.74) is 0. The molecule has 1 heterocycles. The van der Waals surface area contributed by atoms with Gasteiger partial charge in [0.25, 0.3) is 0 Å². The van der Waals surface area contributed by atoms with Gasteiger partial charge in [-0.25, -0.2) is 4.98 Å². The zero-order chi connectivity index (χ0) is 12.7. The summed E-state index contributed by atoms with van der Waals surface area (Å²) in [7, 11) is 1.45. The highest BCUT2D eigenvalue weighted by Crippen LogP contribution is 2.16. The summed E-state index contributed by atoms with van der Waals surface area (Å²) in [6.07, 6.45) is 7.42. The fourth-order valence-electron chi connectivity index (χ4n) is 1.96. The molecular formula is C13H22N2O2. The molecule has 4 nitrogen and oxygen atoms in total. The normalized spacial score (nSPS) is 12.4. The molecule has 0 saturated carbocycles. The number of ether oxygens (including phenoxy) is 1. The Morgan fingerprint density at radius 1 is 1.53 bits per heavy atom. The van der Waals surface area contributed by atoms with E-state index in [0.29, 0.717) is 6.42 Å². The summed E-state index contributed by atoms with van der Waals surface area (Å²) < 4.78 is 6.93. The molecule has 17 heavy (non-hydrogen) atoms. The highest BCUT2D eigenvalue weighted by Gasteiger charge is 2.21. The summed E-state index contributed by atoms with van der Waals surface area (Å²) >= 11 is 0. The maximum absolute atomic E-state index is 11.7. The fourth-order valence-corrected chi connectivity index (χ4v) is 1.96. The number of carbonyl (C=O) groups excluding carboxylic acids is 1. The van der Waals surface area contributed by atoms with Crippen LogP contribution in [0, 0.1) is 5.92 Å². The van der Waals surface area contributed by atoms with Crippen molar-refractivity contribution in [1.29, 1.82) is 0 Å². The number of nitrogens with zero attached hydrogens (tertiary/aromatic N) is 2. The molecule has 0 aromatic carbocycles. The zero-order valence-electron chi connectivity index (χ0n) is 11.0. The van der Waals surface area contributed by atoms with E-state index in [0.717, 1.165) is 31.6 Å². The van der Waals surface area contributed by atoms with Crippen molar-refractivity contribution in [2.24, 2.45) is 5.92 Å². The minimum atomic E-state index is -0.121. The van der Waals surface area contributed by atoms with Crippen molar-refractivity contribution in [1.82, 2.24) is 9.55 Å². The van der Waals surface area contributed by atoms with Crippen LogP contribution < -0.4 is 0 Å². The molecule has 0 spiro atoms. The van der Waals surface area contributed by atoms with Crippen LogP contribution in [0.15, 0.2) is 12.4 Å². The summed E-state index contributed by atoms with van der Waals surface area (Å²) in [6, 6.07) is 0. The average molecular weight is 238 g/mol. The largest absolute Gasteiger partial charge is 0.469 e. The second kappa shape index (κ2) is 7.09. The van der Waals surface area contributed by atoms with Gasteiger partial charge in [-0.3, -0.25) is 4.79 Å². The quantitative estimate of drug-likeness (QED) is 0.685. The van der Waals surface area contributed by atoms with Crippen LogP contribution in [0.1, 0.15) is 38.9 Å². The number of aryl methyl sites for hydroxylation is 1. The van der Waals surface area contributed by atoms with Gasteiger partial charge < -0.3 is 9.30 Å². The van der Waals surface area contributed by atoms with Gasteiger partial charge in [0, 0.05) is 25.4 Å². The number of aromatic nitrogens is 2. The molecule has 1 rings (SSSR count). The molecule has 0 saturated heterocycles. The van der Waals surface area contributed by atoms with Gasteiger partial charge in [-0.1, -0.05) is 19.8 Å². The summed E-state index contributed by atoms with van der Waals surface area (Å²) in [5, 5.41) is 0. The van der Waals surface area contributed by atoms with Gasteiger partial charge in [-0.2, -0.15) is 0 Å². The standard InChI is InChI=1S/C13H22N2O2/c1-4-6-7-11(13(16)17-3)10-12-14-8-9-15(12)5-2/h8-9,11H,4-7,10H2,1-3H3. The highest BCUT2D eigenvalue weighted by molar-refractivity contribution is 5.72. The van der Waals surface area contributed by atoms with Gasteiger partial charge in [0.2, 0.25) is 0 Å². The lowest BCUT2D eigenvalue weighted by molar-refractivity contribution is -0.145. The number of carbonyl (C=O) groups is 1. The van der Waals surface area contributed by atoms with Crippen LogP contribution >= 0.6 is 0 Å². The number of unbranched alkanes of at least 4 members (excludes halogenated alkanes) is 1. The van der Waals surface area contributed by atoms with Gasteiger partial charge in [-0.15, -0.1) is 0 Å². The summed E-state index contributed by atoms with van der Waals surface area (Å²) in [4.78, 5) is 16.0. The molecule has 0 aliphatic rings. The minimum absolute atomic E-state index is 0.0624. The van der Waals surface area contributed by atoms with Crippen molar-refractivity contribution in [2.75, 3.05) is 7.11 Å². The molecule has 0 N–H and O–H groups in total. The number of hydrogen-bond donors (Lipinski definition) is 0. The van der Waals surface area contributed by atoms with Crippen molar-refractivity contribution >= 4 is 5.97 Å². The van der Waals surface area contributed by atoms with E-state index in [2.05, 4.69) is 23.4 Å². The van der Waals surface area contributed by atoms with Crippen molar-refractivity contribution in [3.63, 3.8) is 0 Å². The zero-order valence-corrected chi connectivity index (χ0v) is 11.0. The Kier molecular flexibility index (Phi) is 5.73. The Morgan fingerprint density at radius 3 is 2.88 bits per heavy atom. The third kappa shape index (κ3) is 3.88. The molecule has 0 aliphatic carbocycles. The monoisotopic (exact) mass is 238 g/mol. The first-order valence-electron chi connectivity index (χ1n) is 6.30. The molecule has 1 unspecified atom stereocenters. The first kappa shape index (κ1) is 13.7. The molecule has 96 valence electrons. The number of hydrogen-bond acceptors (Lipinski definition) is 3. The third-order valence-corrected chi connectivity index (χ3v) is 3.01. The first-order valence-corrected chi connectivity index (χ1v) is 6.30. The molecule has 0 aliphatic heterocycles. The molecule has 0 amide bonds. The SMILES string of the molecule is CCCCC(Cc1nccn1CC)C(=O)OC. The Hall–Kier alpha value is -1.32. The molecule has 0 fully saturated rings. The number of methoxy groups -OCH3 is 1. The minimum Gasteiger partial charge on any atom is -0.469 e. The van der Waals surface area contributed by atoms with Crippen LogP contribution in [-0.4, -0.2) is 22.6 Å². The highest BCUT2D eigenvalue weighted by atomic mass is 16.5. The van der Waals surface area contributed by atoms with Crippen molar-refractivity contribution in [2.45, 2.75) is 46.1 Å². The molecule has 4 heteroatoms. The molecule has 1 atom stereocenters. The maximum Gasteiger partial charge on any atom is 0.309 e. The lowest BCUT2D eigenvalue weighted by Crippen LogP contribution is -2.20. The van der Waals surface area contributed by atoms with Crippen LogP contribution in [0.3, 0.4) is 0 Å². The maximum atomic E-state index is 11.7. The first-order chi connectivity index (χ1) is 8.22. The van der Waals surface area contributed by atoms with Crippen LogP contribution in [-0.2, 0) is 22.5 Å². The van der Waals surface area contributed by atoms with Gasteiger partial charge in [0.15, 0.2) is 0 Å². The van der Waals surface area contributed by atoms with Crippen LogP contribution in [0.4, 0.5) is 0 Å². The second-order valence-corrected chi connectivity index (χ2v) is 4.20. The number of esters is 1. The van der Waals surface area contributed by atoms with Crippen molar-refractivity contribution < 1.29 is 9.53 Å². The third-order valence-electron chi connectivity index (χ3n) is 3.01. The molecular weight excluding hydrogens is 216 g/mol. The smallest absolute Gasteiger partial charge is 0.309 e. The number of rotatable bonds is 7. The lowest BCUT2D eigenvalue weighted by Gasteiger charge is -2.14. The molecule has 1 aromatic heterocycles. The lowest BCUT2D eigenvalue weighted by atomic mass is 9.98. The Morgan fingerprint density at radius 2 is 2.29 bits per heavy atom. The van der Waals surface area contributed by atoms with Gasteiger partial charge in [0.1, 0.15) is 5.82 Å². The van der Waals surface area contributed by atoms with E-state index >= 15 is 0 Å². The average Bonchev–Trinajstić information content (AvgIpc) is 2.80. The topological polar surface area (TPSA) is 44.1 Å². The summed E-state index contributed by atoms with van der Waals surface area (Å²) in [6.45, 7) is 5.09. The van der Waals surface area contributed by atoms with Crippen molar-refractivity contribution in [3.05, 3.63) is 18.2 Å². The van der Waals surface area contributed by atoms with Gasteiger partial charge in [-0.05, 0) is 13.3 Å². The van der Waals surface area contributed by atoms with Gasteiger partial charge in [0.05, 0.1) is 13.0 Å². The Labute approximate surface area is 103 Å². The molecule has 1 aromatic rings. The number of imidazole rings is 1. The Bertz CT molecular complexity index is 347. The van der Waals surface area contributed by atoms with Crippen LogP contribution in [0.2, 0.25) is 0 Å². The summed E-state index contributed by atoms with van der Waals surface area (Å²) in [5.74, 6) is 0.788. The van der Waals surface area contributed by atoms with Crippen molar-refractivity contribution in [3.8, 4) is 0 Å². The van der Waals surface area contributed by atoms with Crippen LogP contribution in [0.25, 0.3) is 0 Å². The van der Waals surface area contributed by atoms with Crippen LogP contribution in [0.5, 0.6) is 0 Å². The van der Waals surface area contributed by atoms with E-state index in [4.69, 9.17) is 4.74 Å². The fraction of sp³-hybridized carbons (Fsp3) is 0.692. The second-order valence-electron chi connectivity index (χ2n) is 4.20. The van der Waals surface area contributed by atoms with Gasteiger partial charge >= 0.3 is 5.97 Å². The molecule has 0 bridgehead atoms. The van der Waals surface area contributed by atoms with E-state index in [9.17, 15) is 4.79 Å². The van der Waals surface area contributed by atoms with E-state index in [1.807, 2.05) is 6.20 Å².